The van der Waals surface area contributed by atoms with Crippen LogP contribution in [0.3, 0.4) is 0 Å². The normalized spacial score (nSPS) is 21.1. The van der Waals surface area contributed by atoms with E-state index in [-0.39, 0.29) is 5.91 Å². The molecule has 0 spiro atoms. The van der Waals surface area contributed by atoms with E-state index in [9.17, 15) is 4.79 Å². The maximum absolute atomic E-state index is 11.8. The highest BCUT2D eigenvalue weighted by Crippen LogP contribution is 2.02. The molecule has 0 aliphatic carbocycles. The Hall–Kier alpha value is -1.53. The second-order valence-corrected chi connectivity index (χ2v) is 4.14. The number of carbonyl (C=O) groups excluding carboxylic acids is 1. The number of nitrogens with zero attached hydrogens (tertiary/aromatic N) is 3. The van der Waals surface area contributed by atoms with Crippen LogP contribution in [0.15, 0.2) is 18.5 Å². The Kier molecular flexibility index (Phi) is 4.00. The van der Waals surface area contributed by atoms with Gasteiger partial charge >= 0.3 is 0 Å². The van der Waals surface area contributed by atoms with Crippen molar-refractivity contribution >= 4 is 11.9 Å². The molecule has 2 heterocycles. The first kappa shape index (κ1) is 11.9. The van der Waals surface area contributed by atoms with E-state index in [0.717, 1.165) is 19.6 Å². The minimum atomic E-state index is -0.0649. The summed E-state index contributed by atoms with van der Waals surface area (Å²) in [5, 5.41) is 5.98. The topological polar surface area (TPSA) is 70.2 Å². The lowest BCUT2D eigenvalue weighted by atomic mass is 10.2. The van der Waals surface area contributed by atoms with Crippen LogP contribution in [0.2, 0.25) is 0 Å². The summed E-state index contributed by atoms with van der Waals surface area (Å²) in [4.78, 5) is 21.8. The van der Waals surface area contributed by atoms with Crippen LogP contribution in [0.4, 0.5) is 5.95 Å². The Morgan fingerprint density at radius 2 is 2.35 bits per heavy atom. The zero-order valence-corrected chi connectivity index (χ0v) is 9.89. The van der Waals surface area contributed by atoms with Gasteiger partial charge in [0.1, 0.15) is 0 Å². The fourth-order valence-electron chi connectivity index (χ4n) is 1.83. The average Bonchev–Trinajstić information content (AvgIpc) is 2.33. The minimum absolute atomic E-state index is 0.0649. The summed E-state index contributed by atoms with van der Waals surface area (Å²) in [5.41, 5.74) is 0. The summed E-state index contributed by atoms with van der Waals surface area (Å²) in [7, 11) is 0. The first-order valence-electron chi connectivity index (χ1n) is 5.77. The van der Waals surface area contributed by atoms with Crippen LogP contribution < -0.4 is 10.6 Å². The monoisotopic (exact) mass is 235 g/mol. The molecule has 1 saturated heterocycles. The van der Waals surface area contributed by atoms with E-state index in [2.05, 4.69) is 32.4 Å². The van der Waals surface area contributed by atoms with Crippen molar-refractivity contribution in [3.63, 3.8) is 0 Å². The first-order chi connectivity index (χ1) is 8.25. The average molecular weight is 235 g/mol. The Balaban J connectivity index is 1.84. The standard InChI is InChI=1S/C11H17N5O/c1-9-7-12-5-6-16(9)8-10(17)15-11-13-3-2-4-14-11/h2-4,9,12H,5-8H2,1H3,(H,13,14,15,17). The third-order valence-electron chi connectivity index (χ3n) is 2.80. The van der Waals surface area contributed by atoms with E-state index < -0.39 is 0 Å². The largest absolute Gasteiger partial charge is 0.314 e. The van der Waals surface area contributed by atoms with Crippen LogP contribution in [0, 0.1) is 0 Å². The van der Waals surface area contributed by atoms with Gasteiger partial charge in [-0.05, 0) is 13.0 Å². The number of nitrogens with one attached hydrogen (secondary N) is 2. The lowest BCUT2D eigenvalue weighted by molar-refractivity contribution is -0.118. The van der Waals surface area contributed by atoms with Gasteiger partial charge in [-0.25, -0.2) is 9.97 Å². The molecule has 0 bridgehead atoms. The van der Waals surface area contributed by atoms with Crippen molar-refractivity contribution in [1.29, 1.82) is 0 Å². The van der Waals surface area contributed by atoms with Crippen LogP contribution in [0.1, 0.15) is 6.92 Å². The zero-order valence-electron chi connectivity index (χ0n) is 9.89. The van der Waals surface area contributed by atoms with Gasteiger partial charge < -0.3 is 5.32 Å². The Labute approximate surface area is 100 Å². The van der Waals surface area contributed by atoms with E-state index in [1.807, 2.05) is 0 Å². The molecule has 1 aliphatic heterocycles. The summed E-state index contributed by atoms with van der Waals surface area (Å²) < 4.78 is 0. The first-order valence-corrected chi connectivity index (χ1v) is 5.77. The maximum atomic E-state index is 11.8. The van der Waals surface area contributed by atoms with Crippen molar-refractivity contribution in [3.8, 4) is 0 Å². The number of piperazine rings is 1. The summed E-state index contributed by atoms with van der Waals surface area (Å²) in [6, 6.07) is 2.10. The molecule has 0 radical (unpaired) electrons. The molecule has 1 aliphatic rings. The smallest absolute Gasteiger partial charge is 0.240 e. The van der Waals surface area contributed by atoms with E-state index >= 15 is 0 Å². The Morgan fingerprint density at radius 1 is 1.59 bits per heavy atom. The van der Waals surface area contributed by atoms with Crippen LogP contribution >= 0.6 is 0 Å². The van der Waals surface area contributed by atoms with Crippen molar-refractivity contribution < 1.29 is 4.79 Å². The molecule has 92 valence electrons. The van der Waals surface area contributed by atoms with Crippen molar-refractivity contribution in [2.24, 2.45) is 0 Å². The molecule has 0 aromatic carbocycles. The highest BCUT2D eigenvalue weighted by Gasteiger charge is 2.20. The van der Waals surface area contributed by atoms with Crippen molar-refractivity contribution in [3.05, 3.63) is 18.5 Å². The summed E-state index contributed by atoms with van der Waals surface area (Å²) >= 11 is 0. The fourth-order valence-corrected chi connectivity index (χ4v) is 1.83. The van der Waals surface area contributed by atoms with Gasteiger partial charge in [0.2, 0.25) is 11.9 Å². The molecule has 1 amide bonds. The molecular weight excluding hydrogens is 218 g/mol. The minimum Gasteiger partial charge on any atom is -0.314 e. The third kappa shape index (κ3) is 3.47. The molecule has 1 fully saturated rings. The number of amides is 1. The molecular formula is C11H17N5O. The number of hydrogen-bond acceptors (Lipinski definition) is 5. The zero-order chi connectivity index (χ0) is 12.1. The molecule has 0 saturated carbocycles. The SMILES string of the molecule is CC1CNCCN1CC(=O)Nc1ncccn1. The number of rotatable bonds is 3. The fraction of sp³-hybridized carbons (Fsp3) is 0.545. The second-order valence-electron chi connectivity index (χ2n) is 4.14. The van der Waals surface area contributed by atoms with Gasteiger partial charge in [-0.1, -0.05) is 0 Å². The van der Waals surface area contributed by atoms with Crippen molar-refractivity contribution in [1.82, 2.24) is 20.2 Å². The quantitative estimate of drug-likeness (QED) is 0.753. The number of aromatic nitrogens is 2. The van der Waals surface area contributed by atoms with Crippen molar-refractivity contribution in [2.75, 3.05) is 31.5 Å². The molecule has 17 heavy (non-hydrogen) atoms. The summed E-state index contributed by atoms with van der Waals surface area (Å²) in [6.45, 7) is 5.25. The lowest BCUT2D eigenvalue weighted by Crippen LogP contribution is -2.52. The predicted octanol–water partition coefficient (Wildman–Crippen LogP) is -0.291. The molecule has 1 aromatic heterocycles. The summed E-state index contributed by atoms with van der Waals surface area (Å²) in [5.74, 6) is 0.297. The van der Waals surface area contributed by atoms with Crippen LogP contribution in [-0.4, -0.2) is 53.0 Å². The molecule has 2 rings (SSSR count). The van der Waals surface area contributed by atoms with Gasteiger partial charge in [0.15, 0.2) is 0 Å². The molecule has 6 nitrogen and oxygen atoms in total. The molecule has 1 atom stereocenters. The van der Waals surface area contributed by atoms with Gasteiger partial charge in [0, 0.05) is 38.1 Å². The highest BCUT2D eigenvalue weighted by molar-refractivity contribution is 5.90. The molecule has 1 aromatic rings. The van der Waals surface area contributed by atoms with Gasteiger partial charge in [0.05, 0.1) is 6.54 Å². The second kappa shape index (κ2) is 5.70. The Bertz CT molecular complexity index is 369. The van der Waals surface area contributed by atoms with Gasteiger partial charge in [-0.3, -0.25) is 15.0 Å². The molecule has 2 N–H and O–H groups in total. The number of hydrogen-bond donors (Lipinski definition) is 2. The van der Waals surface area contributed by atoms with Crippen LogP contribution in [-0.2, 0) is 4.79 Å². The van der Waals surface area contributed by atoms with E-state index in [1.165, 1.54) is 0 Å². The van der Waals surface area contributed by atoms with Gasteiger partial charge in [-0.15, -0.1) is 0 Å². The lowest BCUT2D eigenvalue weighted by Gasteiger charge is -2.33. The van der Waals surface area contributed by atoms with Gasteiger partial charge in [0.25, 0.3) is 0 Å². The molecule has 1 unspecified atom stereocenters. The predicted molar refractivity (Wildman–Crippen MR) is 64.6 cm³/mol. The summed E-state index contributed by atoms with van der Waals surface area (Å²) in [6.07, 6.45) is 3.21. The number of anilines is 1. The highest BCUT2D eigenvalue weighted by atomic mass is 16.2. The van der Waals surface area contributed by atoms with Crippen molar-refractivity contribution in [2.45, 2.75) is 13.0 Å². The molecule has 6 heteroatoms. The van der Waals surface area contributed by atoms with E-state index in [4.69, 9.17) is 0 Å². The van der Waals surface area contributed by atoms with E-state index in [0.29, 0.717) is 18.5 Å². The van der Waals surface area contributed by atoms with Crippen LogP contribution in [0.25, 0.3) is 0 Å². The van der Waals surface area contributed by atoms with E-state index in [1.54, 1.807) is 18.5 Å². The Morgan fingerprint density at radius 3 is 3.06 bits per heavy atom. The van der Waals surface area contributed by atoms with Crippen LogP contribution in [0.5, 0.6) is 0 Å². The third-order valence-corrected chi connectivity index (χ3v) is 2.80. The maximum Gasteiger partial charge on any atom is 0.240 e. The van der Waals surface area contributed by atoms with Gasteiger partial charge in [-0.2, -0.15) is 0 Å². The number of carbonyl (C=O) groups is 1.